The lowest BCUT2D eigenvalue weighted by Gasteiger charge is -2.15. The number of rotatable bonds is 7. The lowest BCUT2D eigenvalue weighted by atomic mass is 10.1. The van der Waals surface area contributed by atoms with E-state index in [1.54, 1.807) is 6.07 Å². The van der Waals surface area contributed by atoms with Gasteiger partial charge in [-0.05, 0) is 23.6 Å². The average Bonchev–Trinajstić information content (AvgIpc) is 3.39. The zero-order chi connectivity index (χ0) is 20.1. The predicted octanol–water partition coefficient (Wildman–Crippen LogP) is 2.88. The van der Waals surface area contributed by atoms with Gasteiger partial charge in [-0.25, -0.2) is 4.68 Å². The molecule has 0 bridgehead atoms. The van der Waals surface area contributed by atoms with Crippen LogP contribution < -0.4 is 5.32 Å². The van der Waals surface area contributed by atoms with E-state index in [0.717, 1.165) is 4.88 Å². The first-order valence-electron chi connectivity index (χ1n) is 8.19. The molecule has 10 heteroatoms. The maximum absolute atomic E-state index is 12.6. The van der Waals surface area contributed by atoms with Gasteiger partial charge in [-0.2, -0.15) is 5.10 Å². The number of hydrogen-bond donors (Lipinski definition) is 1. The van der Waals surface area contributed by atoms with Crippen molar-refractivity contribution in [3.8, 4) is 5.69 Å². The van der Waals surface area contributed by atoms with Crippen LogP contribution in [0.5, 0.6) is 0 Å². The summed E-state index contributed by atoms with van der Waals surface area (Å²) in [6.07, 6.45) is 1.53. The molecule has 0 saturated heterocycles. The van der Waals surface area contributed by atoms with Crippen molar-refractivity contribution in [2.45, 2.75) is 12.5 Å². The number of nitro groups is 1. The van der Waals surface area contributed by atoms with Gasteiger partial charge in [-0.3, -0.25) is 19.7 Å². The molecule has 1 unspecified atom stereocenters. The molecular weight excluding hydrogens is 384 g/mol. The minimum absolute atomic E-state index is 0.00561. The van der Waals surface area contributed by atoms with Crippen molar-refractivity contribution in [2.75, 3.05) is 7.11 Å². The molecule has 0 spiro atoms. The molecule has 1 aromatic carbocycles. The highest BCUT2D eigenvalue weighted by atomic mass is 32.1. The van der Waals surface area contributed by atoms with Crippen molar-refractivity contribution < 1.29 is 19.2 Å². The highest BCUT2D eigenvalue weighted by Crippen LogP contribution is 2.23. The number of non-ortho nitro benzene ring substituents is 1. The molecule has 0 aliphatic rings. The number of carbonyl (C=O) groups is 2. The van der Waals surface area contributed by atoms with Crippen molar-refractivity contribution in [3.63, 3.8) is 0 Å². The summed E-state index contributed by atoms with van der Waals surface area (Å²) in [6.45, 7) is 0. The highest BCUT2D eigenvalue weighted by molar-refractivity contribution is 7.10. The minimum atomic E-state index is -0.539. The molecule has 0 radical (unpaired) electrons. The molecule has 9 nitrogen and oxygen atoms in total. The third kappa shape index (κ3) is 4.41. The normalized spacial score (nSPS) is 11.6. The lowest BCUT2D eigenvalue weighted by molar-refractivity contribution is -0.384. The Bertz CT molecular complexity index is 999. The van der Waals surface area contributed by atoms with Crippen LogP contribution in [-0.2, 0) is 9.53 Å². The second-order valence-electron chi connectivity index (χ2n) is 5.74. The molecular formula is C18H16N4O5S. The number of ether oxygens (including phenoxy) is 1. The zero-order valence-electron chi connectivity index (χ0n) is 14.8. The number of carbonyl (C=O) groups excluding carboxylic acids is 2. The Kier molecular flexibility index (Phi) is 5.80. The standard InChI is InChI=1S/C18H16N4O5S/c1-27-17(23)11-15(16-6-3-9-28-16)19-18(24)14-7-8-21(20-14)12-4-2-5-13(10-12)22(25)26/h2-10,15H,11H2,1H3,(H,19,24). The maximum atomic E-state index is 12.6. The molecule has 0 saturated carbocycles. The second kappa shape index (κ2) is 8.44. The van der Waals surface area contributed by atoms with Gasteiger partial charge < -0.3 is 10.1 Å². The van der Waals surface area contributed by atoms with Crippen LogP contribution in [0, 0.1) is 10.1 Å². The van der Waals surface area contributed by atoms with Gasteiger partial charge in [0.05, 0.1) is 30.2 Å². The summed E-state index contributed by atoms with van der Waals surface area (Å²) >= 11 is 1.42. The third-order valence-electron chi connectivity index (χ3n) is 3.92. The van der Waals surface area contributed by atoms with Gasteiger partial charge in [0.25, 0.3) is 11.6 Å². The summed E-state index contributed by atoms with van der Waals surface area (Å²) in [6, 6.07) is 10.5. The fourth-order valence-electron chi connectivity index (χ4n) is 2.53. The fraction of sp³-hybridized carbons (Fsp3) is 0.167. The summed E-state index contributed by atoms with van der Waals surface area (Å²) in [5.41, 5.74) is 0.505. The molecule has 0 aliphatic carbocycles. The third-order valence-corrected chi connectivity index (χ3v) is 4.90. The average molecular weight is 400 g/mol. The van der Waals surface area contributed by atoms with Gasteiger partial charge in [-0.1, -0.05) is 12.1 Å². The van der Waals surface area contributed by atoms with Crippen molar-refractivity contribution in [3.05, 3.63) is 74.7 Å². The first-order valence-corrected chi connectivity index (χ1v) is 9.07. The number of esters is 1. The summed E-state index contributed by atoms with van der Waals surface area (Å²) in [7, 11) is 1.29. The number of aromatic nitrogens is 2. The number of thiophene rings is 1. The van der Waals surface area contributed by atoms with E-state index in [9.17, 15) is 19.7 Å². The zero-order valence-corrected chi connectivity index (χ0v) is 15.6. The van der Waals surface area contributed by atoms with E-state index in [1.807, 2.05) is 17.5 Å². The first-order chi connectivity index (χ1) is 13.5. The van der Waals surface area contributed by atoms with E-state index in [1.165, 1.54) is 53.6 Å². The second-order valence-corrected chi connectivity index (χ2v) is 6.72. The van der Waals surface area contributed by atoms with Crippen molar-refractivity contribution in [1.82, 2.24) is 15.1 Å². The molecule has 28 heavy (non-hydrogen) atoms. The number of nitrogens with one attached hydrogen (secondary N) is 1. The summed E-state index contributed by atoms with van der Waals surface area (Å²) in [5, 5.41) is 19.7. The number of hydrogen-bond acceptors (Lipinski definition) is 7. The van der Waals surface area contributed by atoms with E-state index < -0.39 is 22.8 Å². The van der Waals surface area contributed by atoms with Gasteiger partial charge in [-0.15, -0.1) is 11.3 Å². The number of amides is 1. The van der Waals surface area contributed by atoms with Crippen molar-refractivity contribution >= 4 is 28.9 Å². The predicted molar refractivity (Wildman–Crippen MR) is 101 cm³/mol. The maximum Gasteiger partial charge on any atom is 0.307 e. The molecule has 3 aromatic rings. The van der Waals surface area contributed by atoms with Crippen LogP contribution in [-0.4, -0.2) is 33.7 Å². The molecule has 1 atom stereocenters. The Balaban J connectivity index is 1.78. The van der Waals surface area contributed by atoms with Gasteiger partial charge in [0.15, 0.2) is 5.69 Å². The smallest absolute Gasteiger partial charge is 0.307 e. The first kappa shape index (κ1) is 19.2. The van der Waals surface area contributed by atoms with E-state index in [2.05, 4.69) is 10.4 Å². The largest absolute Gasteiger partial charge is 0.469 e. The molecule has 0 fully saturated rings. The van der Waals surface area contributed by atoms with Gasteiger partial charge in [0, 0.05) is 23.2 Å². The highest BCUT2D eigenvalue weighted by Gasteiger charge is 2.22. The number of methoxy groups -OCH3 is 1. The molecule has 144 valence electrons. The molecule has 1 amide bonds. The summed E-state index contributed by atoms with van der Waals surface area (Å²) in [4.78, 5) is 35.5. The van der Waals surface area contributed by atoms with Crippen LogP contribution in [0.15, 0.2) is 54.0 Å². The van der Waals surface area contributed by atoms with E-state index in [-0.39, 0.29) is 17.8 Å². The monoisotopic (exact) mass is 400 g/mol. The van der Waals surface area contributed by atoms with Gasteiger partial charge in [0.2, 0.25) is 0 Å². The topological polar surface area (TPSA) is 116 Å². The number of nitrogens with zero attached hydrogens (tertiary/aromatic N) is 3. The fourth-order valence-corrected chi connectivity index (χ4v) is 3.31. The SMILES string of the molecule is COC(=O)CC(NC(=O)c1ccn(-c2cccc([N+](=O)[O-])c2)n1)c1cccs1. The van der Waals surface area contributed by atoms with Crippen molar-refractivity contribution in [1.29, 1.82) is 0 Å². The quantitative estimate of drug-likeness (QED) is 0.370. The Morgan fingerprint density at radius 2 is 2.14 bits per heavy atom. The Morgan fingerprint density at radius 3 is 2.82 bits per heavy atom. The molecule has 3 rings (SSSR count). The van der Waals surface area contributed by atoms with Crippen LogP contribution in [0.25, 0.3) is 5.69 Å². The lowest BCUT2D eigenvalue weighted by Crippen LogP contribution is -2.30. The Labute approximate surface area is 163 Å². The Hall–Kier alpha value is -3.53. The molecule has 2 aromatic heterocycles. The van der Waals surface area contributed by atoms with Crippen LogP contribution in [0.3, 0.4) is 0 Å². The summed E-state index contributed by atoms with van der Waals surface area (Å²) < 4.78 is 6.08. The Morgan fingerprint density at radius 1 is 1.32 bits per heavy atom. The van der Waals surface area contributed by atoms with Gasteiger partial charge in [0.1, 0.15) is 0 Å². The van der Waals surface area contributed by atoms with E-state index >= 15 is 0 Å². The van der Waals surface area contributed by atoms with Crippen LogP contribution >= 0.6 is 11.3 Å². The molecule has 0 aliphatic heterocycles. The van der Waals surface area contributed by atoms with E-state index in [0.29, 0.717) is 5.69 Å². The van der Waals surface area contributed by atoms with Crippen molar-refractivity contribution in [2.24, 2.45) is 0 Å². The van der Waals surface area contributed by atoms with Crippen LogP contribution in [0.4, 0.5) is 5.69 Å². The molecule has 1 N–H and O–H groups in total. The van der Waals surface area contributed by atoms with Crippen LogP contribution in [0.2, 0.25) is 0 Å². The van der Waals surface area contributed by atoms with E-state index in [4.69, 9.17) is 4.74 Å². The molecule has 2 heterocycles. The minimum Gasteiger partial charge on any atom is -0.469 e. The van der Waals surface area contributed by atoms with Gasteiger partial charge >= 0.3 is 5.97 Å². The van der Waals surface area contributed by atoms with Crippen LogP contribution in [0.1, 0.15) is 27.8 Å². The summed E-state index contributed by atoms with van der Waals surface area (Å²) in [5.74, 6) is -0.910. The number of benzene rings is 1. The number of nitro benzene ring substituents is 1.